The molecule has 1 saturated carbocycles. The summed E-state index contributed by atoms with van der Waals surface area (Å²) < 4.78 is 14.4. The van der Waals surface area contributed by atoms with Crippen LogP contribution >= 0.6 is 15.9 Å². The molecule has 0 saturated heterocycles. The summed E-state index contributed by atoms with van der Waals surface area (Å²) in [6.45, 7) is 0. The lowest BCUT2D eigenvalue weighted by atomic mass is 9.83. The van der Waals surface area contributed by atoms with Crippen molar-refractivity contribution in [2.75, 3.05) is 7.05 Å². The third kappa shape index (κ3) is 4.56. The van der Waals surface area contributed by atoms with E-state index in [9.17, 15) is 4.39 Å². The predicted octanol–water partition coefficient (Wildman–Crippen LogP) is 5.08. The maximum absolute atomic E-state index is 13.4. The molecule has 0 aromatic heterocycles. The minimum atomic E-state index is -0.143. The Morgan fingerprint density at radius 1 is 1.20 bits per heavy atom. The van der Waals surface area contributed by atoms with E-state index >= 15 is 0 Å². The molecule has 3 heteroatoms. The molecule has 1 N–H and O–H groups in total. The Morgan fingerprint density at radius 2 is 1.85 bits per heavy atom. The van der Waals surface area contributed by atoms with Crippen LogP contribution in [0.25, 0.3) is 0 Å². The minimum absolute atomic E-state index is 0.143. The molecular weight excluding hydrogens is 317 g/mol. The van der Waals surface area contributed by atoms with Crippen molar-refractivity contribution in [2.45, 2.75) is 57.4 Å². The van der Waals surface area contributed by atoms with Crippen LogP contribution < -0.4 is 5.32 Å². The van der Waals surface area contributed by atoms with Gasteiger partial charge in [0, 0.05) is 10.5 Å². The Balaban J connectivity index is 2.04. The highest BCUT2D eigenvalue weighted by Gasteiger charge is 2.22. The van der Waals surface area contributed by atoms with E-state index < -0.39 is 0 Å². The zero-order valence-corrected chi connectivity index (χ0v) is 13.9. The highest BCUT2D eigenvalue weighted by Crippen LogP contribution is 2.28. The average molecular weight is 342 g/mol. The highest BCUT2D eigenvalue weighted by molar-refractivity contribution is 9.10. The van der Waals surface area contributed by atoms with Gasteiger partial charge in [0.1, 0.15) is 5.82 Å². The maximum Gasteiger partial charge on any atom is 0.123 e. The van der Waals surface area contributed by atoms with Gasteiger partial charge in [0.05, 0.1) is 0 Å². The third-order valence-corrected chi connectivity index (χ3v) is 5.31. The van der Waals surface area contributed by atoms with Crippen LogP contribution in [-0.2, 0) is 6.42 Å². The molecule has 1 aromatic rings. The Bertz CT molecular complexity index is 413. The molecule has 0 aliphatic heterocycles. The smallest absolute Gasteiger partial charge is 0.123 e. The fraction of sp³-hybridized carbons (Fsp3) is 0.647. The van der Waals surface area contributed by atoms with Crippen LogP contribution in [0.5, 0.6) is 0 Å². The van der Waals surface area contributed by atoms with Gasteiger partial charge in [-0.25, -0.2) is 4.39 Å². The first-order chi connectivity index (χ1) is 9.70. The van der Waals surface area contributed by atoms with Crippen LogP contribution in [-0.4, -0.2) is 13.1 Å². The Labute approximate surface area is 130 Å². The van der Waals surface area contributed by atoms with Crippen LogP contribution in [0.4, 0.5) is 4.39 Å². The molecule has 1 unspecified atom stereocenters. The molecule has 1 nitrogen and oxygen atoms in total. The normalized spacial score (nSPS) is 19.4. The van der Waals surface area contributed by atoms with Crippen molar-refractivity contribution in [3.63, 3.8) is 0 Å². The third-order valence-electron chi connectivity index (χ3n) is 4.54. The summed E-state index contributed by atoms with van der Waals surface area (Å²) in [5, 5.41) is 3.47. The van der Waals surface area contributed by atoms with E-state index in [1.165, 1.54) is 51.0 Å². The topological polar surface area (TPSA) is 12.0 Å². The Morgan fingerprint density at radius 3 is 2.50 bits per heavy atom. The molecule has 0 amide bonds. The Kier molecular flexibility index (Phi) is 6.50. The molecule has 1 aromatic carbocycles. The van der Waals surface area contributed by atoms with Crippen molar-refractivity contribution < 1.29 is 4.39 Å². The van der Waals surface area contributed by atoms with Crippen LogP contribution in [0.1, 0.15) is 50.5 Å². The van der Waals surface area contributed by atoms with Crippen LogP contribution in [0, 0.1) is 11.7 Å². The number of halogens is 2. The summed E-state index contributed by atoms with van der Waals surface area (Å²) in [6.07, 6.45) is 10.3. The van der Waals surface area contributed by atoms with Gasteiger partial charge in [0.15, 0.2) is 0 Å². The first kappa shape index (κ1) is 16.0. The van der Waals surface area contributed by atoms with Gasteiger partial charge in [-0.05, 0) is 56.0 Å². The van der Waals surface area contributed by atoms with Crippen LogP contribution in [0.2, 0.25) is 0 Å². The standard InChI is InChI=1S/C17H25BrFN/c1-20-17(13-7-5-3-2-4-6-8-13)12-14-11-15(19)9-10-16(14)18/h9-11,13,17,20H,2-8,12H2,1H3. The number of hydrogen-bond donors (Lipinski definition) is 1. The summed E-state index contributed by atoms with van der Waals surface area (Å²) in [6, 6.07) is 5.44. The molecule has 0 bridgehead atoms. The summed E-state index contributed by atoms with van der Waals surface area (Å²) in [5.74, 6) is 0.575. The molecular formula is C17H25BrFN. The SMILES string of the molecule is CNC(Cc1cc(F)ccc1Br)C1CCCCCCC1. The lowest BCUT2D eigenvalue weighted by Crippen LogP contribution is -2.36. The molecule has 0 radical (unpaired) electrons. The first-order valence-corrected chi connectivity index (χ1v) is 8.61. The minimum Gasteiger partial charge on any atom is -0.316 e. The van der Waals surface area contributed by atoms with Gasteiger partial charge in [0.2, 0.25) is 0 Å². The molecule has 1 aliphatic rings. The zero-order valence-electron chi connectivity index (χ0n) is 12.3. The molecule has 20 heavy (non-hydrogen) atoms. The second-order valence-electron chi connectivity index (χ2n) is 5.94. The van der Waals surface area contributed by atoms with Gasteiger partial charge in [0.25, 0.3) is 0 Å². The van der Waals surface area contributed by atoms with Crippen molar-refractivity contribution in [2.24, 2.45) is 5.92 Å². The lowest BCUT2D eigenvalue weighted by molar-refractivity contribution is 0.293. The van der Waals surface area contributed by atoms with E-state index in [1.54, 1.807) is 6.07 Å². The van der Waals surface area contributed by atoms with Crippen molar-refractivity contribution >= 4 is 15.9 Å². The fourth-order valence-electron chi connectivity index (χ4n) is 3.33. The van der Waals surface area contributed by atoms with Crippen molar-refractivity contribution in [1.82, 2.24) is 5.32 Å². The predicted molar refractivity (Wildman–Crippen MR) is 86.5 cm³/mol. The van der Waals surface area contributed by atoms with Crippen molar-refractivity contribution in [3.8, 4) is 0 Å². The van der Waals surface area contributed by atoms with E-state index in [0.717, 1.165) is 22.4 Å². The number of hydrogen-bond acceptors (Lipinski definition) is 1. The van der Waals surface area contributed by atoms with Crippen LogP contribution in [0.15, 0.2) is 22.7 Å². The number of nitrogens with one attached hydrogen (secondary N) is 1. The summed E-state index contributed by atoms with van der Waals surface area (Å²) >= 11 is 3.55. The van der Waals surface area contributed by atoms with E-state index in [4.69, 9.17) is 0 Å². The van der Waals surface area contributed by atoms with Gasteiger partial charge >= 0.3 is 0 Å². The van der Waals surface area contributed by atoms with Gasteiger partial charge < -0.3 is 5.32 Å². The fourth-order valence-corrected chi connectivity index (χ4v) is 3.74. The molecule has 1 atom stereocenters. The summed E-state index contributed by atoms with van der Waals surface area (Å²) in [5.41, 5.74) is 1.08. The Hall–Kier alpha value is -0.410. The summed E-state index contributed by atoms with van der Waals surface area (Å²) in [4.78, 5) is 0. The van der Waals surface area contributed by atoms with Gasteiger partial charge in [-0.2, -0.15) is 0 Å². The quantitative estimate of drug-likeness (QED) is 0.805. The maximum atomic E-state index is 13.4. The molecule has 0 heterocycles. The van der Waals surface area contributed by atoms with Gasteiger partial charge in [-0.3, -0.25) is 0 Å². The molecule has 2 rings (SSSR count). The highest BCUT2D eigenvalue weighted by atomic mass is 79.9. The molecule has 112 valence electrons. The van der Waals surface area contributed by atoms with Crippen LogP contribution in [0.3, 0.4) is 0 Å². The van der Waals surface area contributed by atoms with Gasteiger partial charge in [-0.1, -0.05) is 48.0 Å². The largest absolute Gasteiger partial charge is 0.316 e. The number of benzene rings is 1. The van der Waals surface area contributed by atoms with E-state index in [2.05, 4.69) is 21.2 Å². The van der Waals surface area contributed by atoms with Crippen molar-refractivity contribution in [3.05, 3.63) is 34.1 Å². The van der Waals surface area contributed by atoms with Crippen molar-refractivity contribution in [1.29, 1.82) is 0 Å². The first-order valence-electron chi connectivity index (χ1n) is 7.82. The zero-order chi connectivity index (χ0) is 14.4. The van der Waals surface area contributed by atoms with E-state index in [1.807, 2.05) is 13.1 Å². The van der Waals surface area contributed by atoms with Gasteiger partial charge in [-0.15, -0.1) is 0 Å². The second kappa shape index (κ2) is 8.14. The summed E-state index contributed by atoms with van der Waals surface area (Å²) in [7, 11) is 2.04. The second-order valence-corrected chi connectivity index (χ2v) is 6.79. The van der Waals surface area contributed by atoms with E-state index in [0.29, 0.717) is 6.04 Å². The number of likely N-dealkylation sites (N-methyl/N-ethyl adjacent to an activating group) is 1. The average Bonchev–Trinajstić information content (AvgIpc) is 2.40. The monoisotopic (exact) mass is 341 g/mol. The molecule has 1 aliphatic carbocycles. The number of rotatable bonds is 4. The molecule has 1 fully saturated rings. The van der Waals surface area contributed by atoms with E-state index in [-0.39, 0.29) is 5.82 Å². The molecule has 0 spiro atoms. The lowest BCUT2D eigenvalue weighted by Gasteiger charge is -2.29.